The fraction of sp³-hybridized carbons (Fsp3) is 0.611. The molecular weight excluding hydrogens is 342 g/mol. The maximum atomic E-state index is 12.6. The predicted molar refractivity (Wildman–Crippen MR) is 94.7 cm³/mol. The molecule has 1 heterocycles. The second-order valence-corrected chi connectivity index (χ2v) is 8.26. The average Bonchev–Trinajstić information content (AvgIpc) is 2.36. The van der Waals surface area contributed by atoms with Gasteiger partial charge in [-0.2, -0.15) is 0 Å². The van der Waals surface area contributed by atoms with Crippen LogP contribution in [0, 0.1) is 0 Å². The Morgan fingerprint density at radius 2 is 2.00 bits per heavy atom. The van der Waals surface area contributed by atoms with Gasteiger partial charge in [-0.25, -0.2) is 4.79 Å². The molecule has 4 heteroatoms. The molecule has 1 aromatic carbocycles. The highest BCUT2D eigenvalue weighted by Crippen LogP contribution is 2.40. The van der Waals surface area contributed by atoms with Crippen LogP contribution in [0.4, 0.5) is 10.5 Å². The molecule has 1 aromatic rings. The number of ether oxygens (including phenoxy) is 1. The predicted octanol–water partition coefficient (Wildman–Crippen LogP) is 5.65. The van der Waals surface area contributed by atoms with Crippen LogP contribution in [-0.2, 0) is 11.2 Å². The lowest BCUT2D eigenvalue weighted by molar-refractivity contribution is 0.0563. The minimum Gasteiger partial charge on any atom is -0.443 e. The molecule has 0 radical (unpaired) electrons. The maximum absolute atomic E-state index is 12.6. The molecule has 0 saturated carbocycles. The van der Waals surface area contributed by atoms with Crippen LogP contribution in [0.3, 0.4) is 0 Å². The summed E-state index contributed by atoms with van der Waals surface area (Å²) in [5, 5.41) is 0. The Labute approximate surface area is 142 Å². The van der Waals surface area contributed by atoms with Crippen molar-refractivity contribution in [1.82, 2.24) is 0 Å². The van der Waals surface area contributed by atoms with Crippen LogP contribution in [0.5, 0.6) is 0 Å². The van der Waals surface area contributed by atoms with Gasteiger partial charge >= 0.3 is 6.09 Å². The number of anilines is 1. The van der Waals surface area contributed by atoms with Gasteiger partial charge in [0.15, 0.2) is 0 Å². The lowest BCUT2D eigenvalue weighted by Gasteiger charge is -2.37. The van der Waals surface area contributed by atoms with E-state index in [0.717, 1.165) is 23.0 Å². The highest BCUT2D eigenvalue weighted by molar-refractivity contribution is 9.10. The zero-order chi connectivity index (χ0) is 16.7. The molecule has 0 spiro atoms. The van der Waals surface area contributed by atoms with Gasteiger partial charge in [-0.1, -0.05) is 19.9 Å². The second kappa shape index (κ2) is 6.23. The minimum atomic E-state index is -0.487. The fourth-order valence-corrected chi connectivity index (χ4v) is 3.48. The molecule has 2 rings (SSSR count). The maximum Gasteiger partial charge on any atom is 0.415 e. The van der Waals surface area contributed by atoms with Gasteiger partial charge in [-0.15, -0.1) is 0 Å². The first-order valence-electron chi connectivity index (χ1n) is 7.94. The third kappa shape index (κ3) is 3.65. The number of aryl methyl sites for hydroxylation is 1. The summed E-state index contributed by atoms with van der Waals surface area (Å²) in [6.45, 7) is 12.2. The molecule has 1 amide bonds. The SMILES string of the molecule is CC(C)c1cc(Br)c2c(c1)CCC(C)N2C(=O)OC(C)(C)C. The van der Waals surface area contributed by atoms with Gasteiger partial charge in [0.2, 0.25) is 0 Å². The van der Waals surface area contributed by atoms with Gasteiger partial charge < -0.3 is 4.74 Å². The van der Waals surface area contributed by atoms with Crippen molar-refractivity contribution in [3.05, 3.63) is 27.7 Å². The second-order valence-electron chi connectivity index (χ2n) is 7.40. The number of carbonyl (C=O) groups excluding carboxylic acids is 1. The number of rotatable bonds is 1. The average molecular weight is 368 g/mol. The van der Waals surface area contributed by atoms with E-state index in [9.17, 15) is 4.79 Å². The van der Waals surface area contributed by atoms with Gasteiger partial charge in [0.05, 0.1) is 5.69 Å². The smallest absolute Gasteiger partial charge is 0.415 e. The molecule has 0 saturated heterocycles. The van der Waals surface area contributed by atoms with Gasteiger partial charge in [0.1, 0.15) is 5.60 Å². The van der Waals surface area contributed by atoms with Gasteiger partial charge in [0.25, 0.3) is 0 Å². The van der Waals surface area contributed by atoms with Crippen LogP contribution in [0.25, 0.3) is 0 Å². The Bertz CT molecular complexity index is 575. The molecule has 1 atom stereocenters. The van der Waals surface area contributed by atoms with Crippen molar-refractivity contribution in [2.24, 2.45) is 0 Å². The van der Waals surface area contributed by atoms with Gasteiger partial charge in [0, 0.05) is 10.5 Å². The number of carbonyl (C=O) groups is 1. The van der Waals surface area contributed by atoms with E-state index in [1.165, 1.54) is 11.1 Å². The third-order valence-corrected chi connectivity index (χ3v) is 4.54. The van der Waals surface area contributed by atoms with E-state index in [2.05, 4.69) is 48.8 Å². The summed E-state index contributed by atoms with van der Waals surface area (Å²) in [7, 11) is 0. The Morgan fingerprint density at radius 3 is 2.55 bits per heavy atom. The molecular formula is C18H26BrNO2. The first kappa shape index (κ1) is 17.3. The molecule has 0 bridgehead atoms. The Morgan fingerprint density at radius 1 is 1.36 bits per heavy atom. The monoisotopic (exact) mass is 367 g/mol. The number of halogens is 1. The number of hydrogen-bond donors (Lipinski definition) is 0. The summed E-state index contributed by atoms with van der Waals surface area (Å²) in [5.74, 6) is 0.468. The zero-order valence-electron chi connectivity index (χ0n) is 14.4. The highest BCUT2D eigenvalue weighted by atomic mass is 79.9. The molecule has 0 fully saturated rings. The molecule has 0 aromatic heterocycles. The Hall–Kier alpha value is -1.03. The summed E-state index contributed by atoms with van der Waals surface area (Å²) in [6, 6.07) is 4.50. The van der Waals surface area contributed by atoms with Crippen molar-refractivity contribution in [2.45, 2.75) is 71.9 Å². The summed E-state index contributed by atoms with van der Waals surface area (Å²) < 4.78 is 6.58. The van der Waals surface area contributed by atoms with Crippen LogP contribution in [-0.4, -0.2) is 17.7 Å². The minimum absolute atomic E-state index is 0.142. The lowest BCUT2D eigenvalue weighted by atomic mass is 9.92. The molecule has 0 aliphatic carbocycles. The van der Waals surface area contributed by atoms with Crippen molar-refractivity contribution in [2.75, 3.05) is 4.90 Å². The van der Waals surface area contributed by atoms with Gasteiger partial charge in [-0.05, 0) is 79.6 Å². The zero-order valence-corrected chi connectivity index (χ0v) is 16.0. The molecule has 1 aliphatic rings. The number of benzene rings is 1. The number of hydrogen-bond acceptors (Lipinski definition) is 2. The largest absolute Gasteiger partial charge is 0.443 e. The summed E-state index contributed by atoms with van der Waals surface area (Å²) >= 11 is 3.67. The number of amides is 1. The Balaban J connectivity index is 2.45. The lowest BCUT2D eigenvalue weighted by Crippen LogP contribution is -2.45. The Kier molecular flexibility index (Phi) is 4.90. The first-order valence-corrected chi connectivity index (χ1v) is 8.74. The highest BCUT2D eigenvalue weighted by Gasteiger charge is 2.33. The molecule has 0 N–H and O–H groups in total. The van der Waals surface area contributed by atoms with E-state index < -0.39 is 5.60 Å². The van der Waals surface area contributed by atoms with Crippen molar-refractivity contribution in [1.29, 1.82) is 0 Å². The molecule has 3 nitrogen and oxygen atoms in total. The van der Waals surface area contributed by atoms with Crippen molar-refractivity contribution in [3.63, 3.8) is 0 Å². The van der Waals surface area contributed by atoms with Crippen LogP contribution in [0.1, 0.15) is 65.0 Å². The number of nitrogens with zero attached hydrogens (tertiary/aromatic N) is 1. The molecule has 122 valence electrons. The fourth-order valence-electron chi connectivity index (χ4n) is 2.77. The standard InChI is InChI=1S/C18H26BrNO2/c1-11(2)14-9-13-8-7-12(3)20(16(13)15(19)10-14)17(21)22-18(4,5)6/h9-12H,7-8H2,1-6H3. The topological polar surface area (TPSA) is 29.5 Å². The summed E-state index contributed by atoms with van der Waals surface area (Å²) in [6.07, 6.45) is 1.69. The van der Waals surface area contributed by atoms with Crippen LogP contribution in [0.2, 0.25) is 0 Å². The number of fused-ring (bicyclic) bond motifs is 1. The molecule has 1 aliphatic heterocycles. The summed E-state index contributed by atoms with van der Waals surface area (Å²) in [5.41, 5.74) is 3.00. The quantitative estimate of drug-likeness (QED) is 0.641. The first-order chi connectivity index (χ1) is 10.1. The normalized spacial score (nSPS) is 18.4. The van der Waals surface area contributed by atoms with Crippen molar-refractivity contribution in [3.8, 4) is 0 Å². The van der Waals surface area contributed by atoms with Crippen molar-refractivity contribution >= 4 is 27.7 Å². The summed E-state index contributed by atoms with van der Waals surface area (Å²) in [4.78, 5) is 14.4. The molecule has 1 unspecified atom stereocenters. The van der Waals surface area contributed by atoms with Crippen LogP contribution in [0.15, 0.2) is 16.6 Å². The van der Waals surface area contributed by atoms with E-state index in [0.29, 0.717) is 5.92 Å². The van der Waals surface area contributed by atoms with E-state index in [1.54, 1.807) is 4.90 Å². The van der Waals surface area contributed by atoms with E-state index in [-0.39, 0.29) is 12.1 Å². The van der Waals surface area contributed by atoms with E-state index >= 15 is 0 Å². The van der Waals surface area contributed by atoms with E-state index in [1.807, 2.05) is 20.8 Å². The van der Waals surface area contributed by atoms with Gasteiger partial charge in [-0.3, -0.25) is 4.90 Å². The molecule has 22 heavy (non-hydrogen) atoms. The van der Waals surface area contributed by atoms with Crippen LogP contribution < -0.4 is 4.90 Å². The van der Waals surface area contributed by atoms with Crippen molar-refractivity contribution < 1.29 is 9.53 Å². The third-order valence-electron chi connectivity index (χ3n) is 3.93. The van der Waals surface area contributed by atoms with Crippen LogP contribution >= 0.6 is 15.9 Å². The van der Waals surface area contributed by atoms with E-state index in [4.69, 9.17) is 4.74 Å².